The first-order valence-corrected chi connectivity index (χ1v) is 7.83. The average Bonchev–Trinajstić information content (AvgIpc) is 2.86. The van der Waals surface area contributed by atoms with E-state index in [-0.39, 0.29) is 11.3 Å². The number of para-hydroxylation sites is 1. The molecule has 3 nitrogen and oxygen atoms in total. The molecule has 0 unspecified atom stereocenters. The molecular weight excluding hydrogens is 284 g/mol. The van der Waals surface area contributed by atoms with Crippen LogP contribution in [0.1, 0.15) is 32.0 Å². The molecule has 0 atom stereocenters. The molecule has 3 heteroatoms. The normalized spacial score (nSPS) is 11.7. The monoisotopic (exact) mass is 306 g/mol. The van der Waals surface area contributed by atoms with Crippen LogP contribution in [0.5, 0.6) is 5.88 Å². The predicted molar refractivity (Wildman–Crippen MR) is 94.1 cm³/mol. The molecule has 0 fully saturated rings. The highest BCUT2D eigenvalue weighted by Gasteiger charge is 2.28. The highest BCUT2D eigenvalue weighted by Crippen LogP contribution is 2.40. The van der Waals surface area contributed by atoms with Crippen LogP contribution in [-0.2, 0) is 5.41 Å². The number of nitrogens with zero attached hydrogens (tertiary/aromatic N) is 2. The van der Waals surface area contributed by atoms with Crippen molar-refractivity contribution >= 4 is 0 Å². The number of hydrogen-bond donors (Lipinski definition) is 1. The third-order valence-electron chi connectivity index (χ3n) is 3.98. The van der Waals surface area contributed by atoms with Gasteiger partial charge in [0.2, 0.25) is 5.88 Å². The van der Waals surface area contributed by atoms with Crippen LogP contribution >= 0.6 is 0 Å². The van der Waals surface area contributed by atoms with Gasteiger partial charge in [0, 0.05) is 5.41 Å². The molecule has 0 aliphatic heterocycles. The highest BCUT2D eigenvalue weighted by atomic mass is 16.3. The van der Waals surface area contributed by atoms with E-state index in [4.69, 9.17) is 5.10 Å². The summed E-state index contributed by atoms with van der Waals surface area (Å²) in [5.41, 5.74) is 4.49. The van der Waals surface area contributed by atoms with Gasteiger partial charge < -0.3 is 5.11 Å². The lowest BCUT2D eigenvalue weighted by Crippen LogP contribution is -2.14. The fourth-order valence-corrected chi connectivity index (χ4v) is 2.77. The molecule has 23 heavy (non-hydrogen) atoms. The summed E-state index contributed by atoms with van der Waals surface area (Å²) in [4.78, 5) is 0. The summed E-state index contributed by atoms with van der Waals surface area (Å²) in [5.74, 6) is 0.190. The quantitative estimate of drug-likeness (QED) is 0.735. The maximum atomic E-state index is 10.9. The van der Waals surface area contributed by atoms with E-state index in [1.165, 1.54) is 0 Å². The summed E-state index contributed by atoms with van der Waals surface area (Å²) in [6.07, 6.45) is 0. The Morgan fingerprint density at radius 2 is 1.52 bits per heavy atom. The van der Waals surface area contributed by atoms with Crippen LogP contribution < -0.4 is 0 Å². The van der Waals surface area contributed by atoms with Crippen molar-refractivity contribution in [1.82, 2.24) is 9.78 Å². The molecule has 0 aliphatic carbocycles. The molecule has 3 rings (SSSR count). The van der Waals surface area contributed by atoms with Gasteiger partial charge in [-0.2, -0.15) is 5.10 Å². The van der Waals surface area contributed by atoms with E-state index < -0.39 is 0 Å². The van der Waals surface area contributed by atoms with Crippen LogP contribution in [0.4, 0.5) is 0 Å². The second-order valence-electron chi connectivity index (χ2n) is 6.86. The van der Waals surface area contributed by atoms with Crippen molar-refractivity contribution in [3.63, 3.8) is 0 Å². The summed E-state index contributed by atoms with van der Waals surface area (Å²) in [6, 6.07) is 17.9. The first-order valence-electron chi connectivity index (χ1n) is 7.83. The lowest BCUT2D eigenvalue weighted by Gasteiger charge is -2.17. The fraction of sp³-hybridized carbons (Fsp3) is 0.250. The molecule has 1 aromatic heterocycles. The predicted octanol–water partition coefficient (Wildman–Crippen LogP) is 4.85. The van der Waals surface area contributed by atoms with Crippen LogP contribution in [0, 0.1) is 6.92 Å². The van der Waals surface area contributed by atoms with E-state index in [0.717, 1.165) is 28.1 Å². The largest absolute Gasteiger partial charge is 0.493 e. The molecular formula is C20H22N2O. The van der Waals surface area contributed by atoms with Gasteiger partial charge in [-0.05, 0) is 24.1 Å². The fourth-order valence-electron chi connectivity index (χ4n) is 2.77. The molecule has 0 spiro atoms. The second-order valence-corrected chi connectivity index (χ2v) is 6.86. The molecule has 0 radical (unpaired) electrons. The molecule has 2 aromatic carbocycles. The Bertz CT molecular complexity index is 827. The van der Waals surface area contributed by atoms with Crippen molar-refractivity contribution in [3.8, 4) is 22.7 Å². The number of hydrogen-bond acceptors (Lipinski definition) is 2. The Hall–Kier alpha value is -2.55. The topological polar surface area (TPSA) is 38.0 Å². The number of aromatic nitrogens is 2. The van der Waals surface area contributed by atoms with Crippen LogP contribution in [0.2, 0.25) is 0 Å². The van der Waals surface area contributed by atoms with Crippen molar-refractivity contribution in [2.75, 3.05) is 0 Å². The van der Waals surface area contributed by atoms with E-state index in [9.17, 15) is 5.11 Å². The van der Waals surface area contributed by atoms with Gasteiger partial charge in [0.05, 0.1) is 16.9 Å². The van der Waals surface area contributed by atoms with Gasteiger partial charge in [0.15, 0.2) is 0 Å². The van der Waals surface area contributed by atoms with Crippen LogP contribution in [0.15, 0.2) is 54.6 Å². The molecule has 0 saturated carbocycles. The molecule has 1 N–H and O–H groups in total. The van der Waals surface area contributed by atoms with E-state index in [2.05, 4.69) is 20.8 Å². The van der Waals surface area contributed by atoms with Gasteiger partial charge in [-0.15, -0.1) is 0 Å². The van der Waals surface area contributed by atoms with Gasteiger partial charge in [0.25, 0.3) is 0 Å². The smallest absolute Gasteiger partial charge is 0.222 e. The third-order valence-corrected chi connectivity index (χ3v) is 3.98. The van der Waals surface area contributed by atoms with E-state index >= 15 is 0 Å². The van der Waals surface area contributed by atoms with Gasteiger partial charge in [0.1, 0.15) is 0 Å². The average molecular weight is 306 g/mol. The number of benzene rings is 2. The second kappa shape index (κ2) is 5.58. The number of aryl methyl sites for hydroxylation is 1. The van der Waals surface area contributed by atoms with Crippen LogP contribution in [0.25, 0.3) is 16.8 Å². The molecule has 0 aliphatic rings. The zero-order chi connectivity index (χ0) is 16.6. The summed E-state index contributed by atoms with van der Waals surface area (Å²) in [6.45, 7) is 8.37. The van der Waals surface area contributed by atoms with E-state index in [1.807, 2.05) is 61.5 Å². The zero-order valence-electron chi connectivity index (χ0n) is 14.0. The van der Waals surface area contributed by atoms with Crippen molar-refractivity contribution in [3.05, 3.63) is 65.9 Å². The molecule has 118 valence electrons. The maximum absolute atomic E-state index is 10.9. The Balaban J connectivity index is 2.30. The first-order chi connectivity index (χ1) is 10.9. The SMILES string of the molecule is Cc1ccccc1-n1nc(C(C)(C)C)c(-c2ccccc2)c1O. The van der Waals surface area contributed by atoms with Crippen molar-refractivity contribution in [2.45, 2.75) is 33.1 Å². The van der Waals surface area contributed by atoms with Crippen molar-refractivity contribution in [1.29, 1.82) is 0 Å². The van der Waals surface area contributed by atoms with Crippen molar-refractivity contribution < 1.29 is 5.11 Å². The Morgan fingerprint density at radius 3 is 2.13 bits per heavy atom. The molecule has 3 aromatic rings. The summed E-state index contributed by atoms with van der Waals surface area (Å²) >= 11 is 0. The minimum Gasteiger partial charge on any atom is -0.493 e. The minimum atomic E-state index is -0.170. The lowest BCUT2D eigenvalue weighted by molar-refractivity contribution is 0.434. The maximum Gasteiger partial charge on any atom is 0.222 e. The highest BCUT2D eigenvalue weighted by molar-refractivity contribution is 5.73. The standard InChI is InChI=1S/C20H22N2O/c1-14-10-8-9-13-16(14)22-19(23)17(15-11-6-5-7-12-15)18(21-22)20(2,3)4/h5-13,23H,1-4H3. The summed E-state index contributed by atoms with van der Waals surface area (Å²) in [5, 5.41) is 15.7. The Morgan fingerprint density at radius 1 is 0.913 bits per heavy atom. The van der Waals surface area contributed by atoms with Crippen LogP contribution in [0.3, 0.4) is 0 Å². The Labute approximate surface area is 137 Å². The minimum absolute atomic E-state index is 0.170. The lowest BCUT2D eigenvalue weighted by atomic mass is 9.87. The molecule has 0 amide bonds. The first kappa shape index (κ1) is 15.3. The molecule has 0 bridgehead atoms. The van der Waals surface area contributed by atoms with Crippen LogP contribution in [-0.4, -0.2) is 14.9 Å². The molecule has 1 heterocycles. The zero-order valence-corrected chi connectivity index (χ0v) is 14.0. The van der Waals surface area contributed by atoms with E-state index in [1.54, 1.807) is 4.68 Å². The van der Waals surface area contributed by atoms with Gasteiger partial charge in [-0.3, -0.25) is 0 Å². The molecule has 0 saturated heterocycles. The van der Waals surface area contributed by atoms with Gasteiger partial charge in [-0.25, -0.2) is 4.68 Å². The number of aromatic hydroxyl groups is 1. The summed E-state index contributed by atoms with van der Waals surface area (Å²) < 4.78 is 1.65. The van der Waals surface area contributed by atoms with E-state index in [0.29, 0.717) is 0 Å². The summed E-state index contributed by atoms with van der Waals surface area (Å²) in [7, 11) is 0. The number of rotatable bonds is 2. The Kier molecular flexibility index (Phi) is 3.72. The third kappa shape index (κ3) is 2.74. The van der Waals surface area contributed by atoms with Gasteiger partial charge >= 0.3 is 0 Å². The van der Waals surface area contributed by atoms with Gasteiger partial charge in [-0.1, -0.05) is 69.3 Å². The van der Waals surface area contributed by atoms with Crippen molar-refractivity contribution in [2.24, 2.45) is 0 Å².